The standard InChI is InChI=1S/C28H26F3N3O6S/c1-37-26-16-20-23(17-27(26)39-13-10-34-8-11-38-12-9-34)32-7-6-24(20)40-25-4-3-19(15-21(25)30)33-41(35,36)28-5-2-18(29)14-22(28)31/h2-7,14-17,33H,8-13H2,1H3. The van der Waals surface area contributed by atoms with Crippen LogP contribution in [-0.4, -0.2) is 64.9 Å². The third-order valence-corrected chi connectivity index (χ3v) is 7.76. The summed E-state index contributed by atoms with van der Waals surface area (Å²) >= 11 is 0. The van der Waals surface area contributed by atoms with E-state index < -0.39 is 32.4 Å². The van der Waals surface area contributed by atoms with E-state index in [2.05, 4.69) is 14.6 Å². The molecule has 5 rings (SSSR count). The fraction of sp³-hybridized carbons (Fsp3) is 0.250. The van der Waals surface area contributed by atoms with Gasteiger partial charge in [-0.15, -0.1) is 0 Å². The SMILES string of the molecule is COc1cc2c(Oc3ccc(NS(=O)(=O)c4ccc(F)cc4F)cc3F)ccnc2cc1OCCN1CCOCC1. The number of sulfonamides is 1. The van der Waals surface area contributed by atoms with E-state index in [1.165, 1.54) is 25.4 Å². The molecule has 2 heterocycles. The molecule has 216 valence electrons. The molecule has 0 bridgehead atoms. The number of halogens is 3. The monoisotopic (exact) mass is 589 g/mol. The summed E-state index contributed by atoms with van der Waals surface area (Å²) in [6, 6.07) is 10.3. The van der Waals surface area contributed by atoms with Crippen molar-refractivity contribution in [3.05, 3.63) is 78.2 Å². The first-order valence-corrected chi connectivity index (χ1v) is 14.1. The molecule has 9 nitrogen and oxygen atoms in total. The predicted octanol–water partition coefficient (Wildman–Crippen LogP) is 4.96. The highest BCUT2D eigenvalue weighted by atomic mass is 32.2. The zero-order valence-electron chi connectivity index (χ0n) is 21.9. The zero-order chi connectivity index (χ0) is 29.0. The summed E-state index contributed by atoms with van der Waals surface area (Å²) in [6.07, 6.45) is 1.50. The van der Waals surface area contributed by atoms with Crippen LogP contribution in [0.15, 0.2) is 65.7 Å². The van der Waals surface area contributed by atoms with Crippen LogP contribution in [-0.2, 0) is 14.8 Å². The third-order valence-electron chi connectivity index (χ3n) is 6.34. The Balaban J connectivity index is 1.33. The van der Waals surface area contributed by atoms with E-state index in [1.54, 1.807) is 18.2 Å². The normalized spacial score (nSPS) is 14.1. The Morgan fingerprint density at radius 3 is 2.46 bits per heavy atom. The van der Waals surface area contributed by atoms with Crippen molar-refractivity contribution in [1.82, 2.24) is 9.88 Å². The van der Waals surface area contributed by atoms with Crippen molar-refractivity contribution in [3.8, 4) is 23.0 Å². The van der Waals surface area contributed by atoms with Crippen molar-refractivity contribution in [2.24, 2.45) is 0 Å². The van der Waals surface area contributed by atoms with E-state index in [1.807, 2.05) is 0 Å². The number of methoxy groups -OCH3 is 1. The molecule has 1 aliphatic heterocycles. The summed E-state index contributed by atoms with van der Waals surface area (Å²) in [4.78, 5) is 5.84. The number of nitrogens with zero attached hydrogens (tertiary/aromatic N) is 2. The van der Waals surface area contributed by atoms with Gasteiger partial charge in [0.15, 0.2) is 23.1 Å². The highest BCUT2D eigenvalue weighted by molar-refractivity contribution is 7.92. The van der Waals surface area contributed by atoms with Crippen LogP contribution in [0.1, 0.15) is 0 Å². The molecule has 0 spiro atoms. The molecule has 13 heteroatoms. The maximum Gasteiger partial charge on any atom is 0.264 e. The minimum Gasteiger partial charge on any atom is -0.493 e. The quantitative estimate of drug-likeness (QED) is 0.277. The number of ether oxygens (including phenoxy) is 4. The molecule has 0 unspecified atom stereocenters. The van der Waals surface area contributed by atoms with Crippen LogP contribution in [0.3, 0.4) is 0 Å². The van der Waals surface area contributed by atoms with E-state index in [-0.39, 0.29) is 17.2 Å². The first kappa shape index (κ1) is 28.5. The molecule has 0 aliphatic carbocycles. The first-order chi connectivity index (χ1) is 19.7. The number of pyridine rings is 1. The number of nitrogens with one attached hydrogen (secondary N) is 1. The lowest BCUT2D eigenvalue weighted by Gasteiger charge is -2.26. The highest BCUT2D eigenvalue weighted by Gasteiger charge is 2.21. The van der Waals surface area contributed by atoms with Gasteiger partial charge in [0.1, 0.15) is 28.9 Å². The molecule has 0 atom stereocenters. The molecule has 0 amide bonds. The van der Waals surface area contributed by atoms with Gasteiger partial charge in [0.05, 0.1) is 31.5 Å². The lowest BCUT2D eigenvalue weighted by atomic mass is 10.1. The number of hydrogen-bond acceptors (Lipinski definition) is 8. The molecule has 0 radical (unpaired) electrons. The van der Waals surface area contributed by atoms with Gasteiger partial charge in [-0.2, -0.15) is 0 Å². The van der Waals surface area contributed by atoms with Crippen molar-refractivity contribution in [2.45, 2.75) is 4.90 Å². The van der Waals surface area contributed by atoms with E-state index in [9.17, 15) is 21.6 Å². The van der Waals surface area contributed by atoms with Gasteiger partial charge in [-0.25, -0.2) is 21.6 Å². The van der Waals surface area contributed by atoms with Gasteiger partial charge in [-0.1, -0.05) is 0 Å². The molecule has 1 fully saturated rings. The molecule has 1 aliphatic rings. The number of anilines is 1. The Bertz CT molecular complexity index is 1670. The van der Waals surface area contributed by atoms with Crippen molar-refractivity contribution >= 4 is 26.6 Å². The summed E-state index contributed by atoms with van der Waals surface area (Å²) < 4.78 is 92.0. The van der Waals surface area contributed by atoms with Gasteiger partial charge < -0.3 is 18.9 Å². The van der Waals surface area contributed by atoms with Crippen LogP contribution < -0.4 is 18.9 Å². The lowest BCUT2D eigenvalue weighted by molar-refractivity contribution is 0.0321. The van der Waals surface area contributed by atoms with Crippen LogP contribution in [0.25, 0.3) is 10.9 Å². The summed E-state index contributed by atoms with van der Waals surface area (Å²) in [7, 11) is -2.94. The van der Waals surface area contributed by atoms with Gasteiger partial charge in [-0.05, 0) is 36.4 Å². The van der Waals surface area contributed by atoms with Gasteiger partial charge >= 0.3 is 0 Å². The second kappa shape index (κ2) is 12.2. The van der Waals surface area contributed by atoms with Crippen LogP contribution in [0.5, 0.6) is 23.0 Å². The molecular formula is C28H26F3N3O6S. The van der Waals surface area contributed by atoms with E-state index in [0.717, 1.165) is 37.8 Å². The minimum absolute atomic E-state index is 0.182. The van der Waals surface area contributed by atoms with Crippen LogP contribution in [0, 0.1) is 17.5 Å². The van der Waals surface area contributed by atoms with Crippen molar-refractivity contribution < 1.29 is 40.5 Å². The Morgan fingerprint density at radius 2 is 1.73 bits per heavy atom. The third kappa shape index (κ3) is 6.64. The number of hydrogen-bond donors (Lipinski definition) is 1. The first-order valence-electron chi connectivity index (χ1n) is 12.6. The van der Waals surface area contributed by atoms with E-state index >= 15 is 0 Å². The number of benzene rings is 3. The maximum atomic E-state index is 15.0. The molecular weight excluding hydrogens is 563 g/mol. The number of morpholine rings is 1. The molecule has 1 N–H and O–H groups in total. The molecule has 1 saturated heterocycles. The lowest BCUT2D eigenvalue weighted by Crippen LogP contribution is -2.38. The number of aromatic nitrogens is 1. The highest BCUT2D eigenvalue weighted by Crippen LogP contribution is 2.38. The fourth-order valence-corrected chi connectivity index (χ4v) is 5.38. The minimum atomic E-state index is -4.44. The Morgan fingerprint density at radius 1 is 0.927 bits per heavy atom. The topological polar surface area (TPSA) is 99.2 Å². The largest absolute Gasteiger partial charge is 0.493 e. The van der Waals surface area contributed by atoms with Crippen LogP contribution in [0.2, 0.25) is 0 Å². The van der Waals surface area contributed by atoms with Crippen LogP contribution in [0.4, 0.5) is 18.9 Å². The molecule has 0 saturated carbocycles. The Kier molecular flexibility index (Phi) is 8.47. The molecule has 3 aromatic carbocycles. The average molecular weight is 590 g/mol. The summed E-state index contributed by atoms with van der Waals surface area (Å²) in [5, 5.41) is 0.529. The van der Waals surface area contributed by atoms with Crippen molar-refractivity contribution in [2.75, 3.05) is 51.3 Å². The second-order valence-electron chi connectivity index (χ2n) is 9.06. The Labute approximate surface area is 234 Å². The van der Waals surface area contributed by atoms with Gasteiger partial charge in [0.25, 0.3) is 10.0 Å². The number of rotatable bonds is 10. The van der Waals surface area contributed by atoms with Gasteiger partial charge in [0, 0.05) is 49.4 Å². The fourth-order valence-electron chi connectivity index (χ4n) is 4.27. The molecule has 1 aromatic heterocycles. The average Bonchev–Trinajstić information content (AvgIpc) is 2.94. The van der Waals surface area contributed by atoms with E-state index in [4.69, 9.17) is 18.9 Å². The van der Waals surface area contributed by atoms with Crippen LogP contribution >= 0.6 is 0 Å². The maximum absolute atomic E-state index is 15.0. The summed E-state index contributed by atoms with van der Waals surface area (Å²) in [6.45, 7) is 4.24. The summed E-state index contributed by atoms with van der Waals surface area (Å²) in [5.74, 6) is -2.07. The van der Waals surface area contributed by atoms with Crippen molar-refractivity contribution in [1.29, 1.82) is 0 Å². The number of fused-ring (bicyclic) bond motifs is 1. The predicted molar refractivity (Wildman–Crippen MR) is 145 cm³/mol. The smallest absolute Gasteiger partial charge is 0.264 e. The second-order valence-corrected chi connectivity index (χ2v) is 10.7. The molecule has 4 aromatic rings. The Hall–Kier alpha value is -4.07. The van der Waals surface area contributed by atoms with Gasteiger partial charge in [-0.3, -0.25) is 14.6 Å². The van der Waals surface area contributed by atoms with Gasteiger partial charge in [0.2, 0.25) is 0 Å². The molecule has 41 heavy (non-hydrogen) atoms. The summed E-state index contributed by atoms with van der Waals surface area (Å²) in [5.41, 5.74) is 0.342. The van der Waals surface area contributed by atoms with Crippen molar-refractivity contribution in [3.63, 3.8) is 0 Å². The van der Waals surface area contributed by atoms with E-state index in [0.29, 0.717) is 48.3 Å². The zero-order valence-corrected chi connectivity index (χ0v) is 22.7.